The summed E-state index contributed by atoms with van der Waals surface area (Å²) >= 11 is 2.10. The van der Waals surface area contributed by atoms with E-state index in [9.17, 15) is 18.4 Å². The molecule has 43 heavy (non-hydrogen) atoms. The number of carbonyl (C=O) groups is 2. The van der Waals surface area contributed by atoms with Crippen molar-refractivity contribution in [2.75, 3.05) is 24.4 Å². The van der Waals surface area contributed by atoms with Gasteiger partial charge in [-0.15, -0.1) is 20.4 Å². The Morgan fingerprint density at radius 1 is 0.814 bits per heavy atom. The van der Waals surface area contributed by atoms with E-state index >= 15 is 0 Å². The van der Waals surface area contributed by atoms with Crippen LogP contribution in [-0.4, -0.2) is 66.0 Å². The first-order valence-electron chi connectivity index (χ1n) is 12.7. The number of fused-ring (bicyclic) bond motifs is 2. The number of aromatic nitrogens is 6. The van der Waals surface area contributed by atoms with Gasteiger partial charge in [-0.25, -0.2) is 23.8 Å². The molecular formula is C26H23F2IN10O4. The topological polar surface area (TPSA) is 160 Å². The summed E-state index contributed by atoms with van der Waals surface area (Å²) < 4.78 is 25.4. The molecule has 0 spiro atoms. The molecule has 222 valence electrons. The summed E-state index contributed by atoms with van der Waals surface area (Å²) in [6.07, 6.45) is 2.20. The van der Waals surface area contributed by atoms with Crippen LogP contribution in [0.15, 0.2) is 48.8 Å². The highest BCUT2D eigenvalue weighted by atomic mass is 127. The van der Waals surface area contributed by atoms with Crippen molar-refractivity contribution < 1.29 is 28.0 Å². The number of hydrogen-bond acceptors (Lipinski definition) is 12. The molecule has 2 aliphatic rings. The van der Waals surface area contributed by atoms with E-state index in [2.05, 4.69) is 63.6 Å². The minimum absolute atomic E-state index is 0.255. The summed E-state index contributed by atoms with van der Waals surface area (Å²) in [4.78, 5) is 42.2. The molecule has 6 heterocycles. The number of nitrogens with one attached hydrogen (secondary N) is 2. The van der Waals surface area contributed by atoms with Crippen LogP contribution in [0, 0.1) is 11.6 Å². The molecule has 2 N–H and O–H groups in total. The van der Waals surface area contributed by atoms with E-state index in [-0.39, 0.29) is 33.3 Å². The van der Waals surface area contributed by atoms with Crippen molar-refractivity contribution in [2.24, 2.45) is 0 Å². The highest BCUT2D eigenvalue weighted by Crippen LogP contribution is 2.38. The van der Waals surface area contributed by atoms with E-state index in [0.717, 1.165) is 12.4 Å². The Labute approximate surface area is 256 Å². The monoisotopic (exact) mass is 704 g/mol. The van der Waals surface area contributed by atoms with Gasteiger partial charge in [-0.1, -0.05) is 22.6 Å². The van der Waals surface area contributed by atoms with E-state index < -0.39 is 11.6 Å². The highest BCUT2D eigenvalue weighted by Gasteiger charge is 2.39. The Morgan fingerprint density at radius 3 is 1.81 bits per heavy atom. The van der Waals surface area contributed by atoms with Crippen molar-refractivity contribution in [3.05, 3.63) is 82.9 Å². The van der Waals surface area contributed by atoms with Crippen LogP contribution in [0.5, 0.6) is 0 Å². The maximum absolute atomic E-state index is 12.8. The second kappa shape index (κ2) is 12.8. The molecule has 2 atom stereocenters. The van der Waals surface area contributed by atoms with E-state index in [0.29, 0.717) is 41.0 Å². The van der Waals surface area contributed by atoms with Crippen molar-refractivity contribution in [3.8, 4) is 0 Å². The molecule has 0 bridgehead atoms. The quantitative estimate of drug-likeness (QED) is 0.159. The second-order valence-corrected chi connectivity index (χ2v) is 10.1. The van der Waals surface area contributed by atoms with E-state index in [1.165, 1.54) is 41.5 Å². The maximum Gasteiger partial charge on any atom is 0.299 e. The number of amides is 2. The van der Waals surface area contributed by atoms with Gasteiger partial charge in [0.05, 0.1) is 32.2 Å². The average Bonchev–Trinajstić information content (AvgIpc) is 3.39. The van der Waals surface area contributed by atoms with Crippen molar-refractivity contribution in [1.29, 1.82) is 0 Å². The first kappa shape index (κ1) is 30.0. The molecule has 14 nitrogen and oxygen atoms in total. The molecule has 0 radical (unpaired) electrons. The van der Waals surface area contributed by atoms with Gasteiger partial charge in [0.2, 0.25) is 0 Å². The van der Waals surface area contributed by atoms with Crippen LogP contribution >= 0.6 is 22.6 Å². The Morgan fingerprint density at radius 2 is 1.33 bits per heavy atom. The normalized spacial score (nSPS) is 16.9. The van der Waals surface area contributed by atoms with Gasteiger partial charge < -0.3 is 10.6 Å². The Bertz CT molecular complexity index is 1650. The van der Waals surface area contributed by atoms with Crippen molar-refractivity contribution in [1.82, 2.24) is 40.5 Å². The number of nitrogens with zero attached hydrogens (tertiary/aromatic N) is 8. The Balaban J connectivity index is 0.000000171. The fraction of sp³-hybridized carbons (Fsp3) is 0.231. The van der Waals surface area contributed by atoms with Gasteiger partial charge in [-0.3, -0.25) is 19.3 Å². The summed E-state index contributed by atoms with van der Waals surface area (Å²) in [7, 11) is 1.43. The molecule has 0 saturated carbocycles. The zero-order valence-corrected chi connectivity index (χ0v) is 25.0. The van der Waals surface area contributed by atoms with Gasteiger partial charge >= 0.3 is 0 Å². The molecule has 0 aromatic carbocycles. The number of alkyl halides is 1. The van der Waals surface area contributed by atoms with Gasteiger partial charge in [-0.05, 0) is 50.2 Å². The standard InChI is InChI=1S/C13H11FIN5O2.C13H12FN5O2/c1-2-22-20-12(15)8-5-10(18-19-11(8)13(20)21)17-9-4-3-7(14)6-16-9;1-7-9-5-11(16-10-4-3-8(14)6-15-10)17-18-12(9)13(20)19(7)21-2/h3-6,12H,2H2,1H3,(H,16,17,18);3-7H,1-2H3,(H,15,16,17). The lowest BCUT2D eigenvalue weighted by atomic mass is 10.1. The third-order valence-corrected chi connectivity index (χ3v) is 7.33. The molecule has 0 aliphatic carbocycles. The van der Waals surface area contributed by atoms with E-state index in [4.69, 9.17) is 9.68 Å². The van der Waals surface area contributed by atoms with Gasteiger partial charge in [0, 0.05) is 11.1 Å². The lowest BCUT2D eigenvalue weighted by Crippen LogP contribution is -2.25. The first-order valence-corrected chi connectivity index (χ1v) is 13.9. The third-order valence-electron chi connectivity index (χ3n) is 6.15. The molecule has 2 aliphatic heterocycles. The maximum atomic E-state index is 12.8. The molecule has 6 rings (SSSR count). The number of rotatable bonds is 7. The Hall–Kier alpha value is -4.49. The lowest BCUT2D eigenvalue weighted by molar-refractivity contribution is -0.118. The molecule has 4 aromatic rings. The highest BCUT2D eigenvalue weighted by molar-refractivity contribution is 14.1. The second-order valence-electron chi connectivity index (χ2n) is 8.91. The number of hydrogen-bond donors (Lipinski definition) is 2. The van der Waals surface area contributed by atoms with Crippen molar-refractivity contribution in [3.63, 3.8) is 0 Å². The summed E-state index contributed by atoms with van der Waals surface area (Å²) in [6.45, 7) is 4.02. The molecule has 4 aromatic heterocycles. The third kappa shape index (κ3) is 6.32. The average molecular weight is 704 g/mol. The number of carbonyl (C=O) groups excluding carboxylic acids is 2. The van der Waals surface area contributed by atoms with Crippen LogP contribution in [0.4, 0.5) is 32.1 Å². The summed E-state index contributed by atoms with van der Waals surface area (Å²) in [5, 5.41) is 24.1. The molecule has 2 amide bonds. The molecule has 0 fully saturated rings. The number of hydroxylamine groups is 4. The van der Waals surface area contributed by atoms with Crippen LogP contribution in [-0.2, 0) is 9.68 Å². The number of anilines is 4. The minimum atomic E-state index is -0.421. The summed E-state index contributed by atoms with van der Waals surface area (Å²) in [5.74, 6) is 0.245. The lowest BCUT2D eigenvalue weighted by Gasteiger charge is -2.18. The van der Waals surface area contributed by atoms with Crippen LogP contribution in [0.25, 0.3) is 0 Å². The zero-order chi connectivity index (χ0) is 30.7. The first-order chi connectivity index (χ1) is 20.7. The fourth-order valence-electron chi connectivity index (χ4n) is 4.17. The molecule has 2 unspecified atom stereocenters. The predicted molar refractivity (Wildman–Crippen MR) is 155 cm³/mol. The molecule has 0 saturated heterocycles. The SMILES string of the molecule is CCON1C(=O)c2nnc(Nc3ccc(F)cn3)cc2C1I.CON1C(=O)c2nnc(Nc3ccc(F)cn3)cc2C1C. The van der Waals surface area contributed by atoms with Gasteiger partial charge in [0.25, 0.3) is 11.8 Å². The fourth-order valence-corrected chi connectivity index (χ4v) is 5.06. The van der Waals surface area contributed by atoms with Crippen molar-refractivity contribution in [2.45, 2.75) is 23.9 Å². The molecular weight excluding hydrogens is 681 g/mol. The van der Waals surface area contributed by atoms with Crippen LogP contribution in [0.3, 0.4) is 0 Å². The van der Waals surface area contributed by atoms with E-state index in [1.54, 1.807) is 19.1 Å². The van der Waals surface area contributed by atoms with Gasteiger partial charge in [-0.2, -0.15) is 5.06 Å². The number of pyridine rings is 2. The van der Waals surface area contributed by atoms with Crippen LogP contribution in [0.2, 0.25) is 0 Å². The minimum Gasteiger partial charge on any atom is -0.323 e. The van der Waals surface area contributed by atoms with Crippen molar-refractivity contribution >= 4 is 57.7 Å². The predicted octanol–water partition coefficient (Wildman–Crippen LogP) is 4.43. The van der Waals surface area contributed by atoms with E-state index in [1.807, 2.05) is 6.92 Å². The smallest absolute Gasteiger partial charge is 0.299 e. The summed E-state index contributed by atoms with van der Waals surface area (Å²) in [5.41, 5.74) is 1.95. The zero-order valence-electron chi connectivity index (χ0n) is 22.8. The van der Waals surface area contributed by atoms with Gasteiger partial charge in [0.1, 0.15) is 27.3 Å². The largest absolute Gasteiger partial charge is 0.323 e. The number of halogens is 3. The van der Waals surface area contributed by atoms with Crippen LogP contribution in [0.1, 0.15) is 56.0 Å². The van der Waals surface area contributed by atoms with Gasteiger partial charge in [0.15, 0.2) is 23.0 Å². The van der Waals surface area contributed by atoms with Crippen LogP contribution < -0.4 is 10.6 Å². The Kier molecular flexibility index (Phi) is 8.92. The molecule has 17 heteroatoms. The summed E-state index contributed by atoms with van der Waals surface area (Å²) in [6, 6.07) is 8.71.